The van der Waals surface area contributed by atoms with Gasteiger partial charge in [0.15, 0.2) is 0 Å². The maximum atomic E-state index is 6.11. The van der Waals surface area contributed by atoms with Gasteiger partial charge in [0.2, 0.25) is 0 Å². The maximum Gasteiger partial charge on any atom is 0.0595 e. The second-order valence-corrected chi connectivity index (χ2v) is 5.54. The van der Waals surface area contributed by atoms with E-state index in [4.69, 9.17) is 23.2 Å². The number of nitrogens with one attached hydrogen (secondary N) is 1. The van der Waals surface area contributed by atoms with E-state index in [1.165, 1.54) is 31.2 Å². The van der Waals surface area contributed by atoms with E-state index in [0.29, 0.717) is 22.0 Å². The van der Waals surface area contributed by atoms with Crippen molar-refractivity contribution in [1.29, 1.82) is 0 Å². The largest absolute Gasteiger partial charge is 0.314 e. The molecule has 0 aliphatic heterocycles. The van der Waals surface area contributed by atoms with Crippen LogP contribution in [0.3, 0.4) is 0 Å². The van der Waals surface area contributed by atoms with Gasteiger partial charge in [-0.1, -0.05) is 49.0 Å². The lowest BCUT2D eigenvalue weighted by molar-refractivity contribution is 0.332. The van der Waals surface area contributed by atoms with Crippen LogP contribution < -0.4 is 5.32 Å². The molecule has 1 N–H and O–H groups in total. The summed E-state index contributed by atoms with van der Waals surface area (Å²) in [7, 11) is 0. The first-order chi connectivity index (χ1) is 8.22. The summed E-state index contributed by atoms with van der Waals surface area (Å²) in [6.07, 6.45) is 5.15. The quantitative estimate of drug-likeness (QED) is 0.846. The Kier molecular flexibility index (Phi) is 4.72. The van der Waals surface area contributed by atoms with Crippen LogP contribution in [0.15, 0.2) is 18.2 Å². The molecule has 1 aliphatic rings. The van der Waals surface area contributed by atoms with E-state index in [9.17, 15) is 0 Å². The summed E-state index contributed by atoms with van der Waals surface area (Å²) < 4.78 is 0. The molecule has 3 heteroatoms. The van der Waals surface area contributed by atoms with Gasteiger partial charge in [0.05, 0.1) is 10.0 Å². The molecule has 17 heavy (non-hydrogen) atoms. The molecule has 1 aromatic rings. The van der Waals surface area contributed by atoms with Crippen molar-refractivity contribution in [1.82, 2.24) is 5.32 Å². The molecular weight excluding hydrogens is 253 g/mol. The summed E-state index contributed by atoms with van der Waals surface area (Å²) in [5.74, 6) is 0.582. The lowest BCUT2D eigenvalue weighted by Gasteiger charge is -2.32. The first-order valence-corrected chi connectivity index (χ1v) is 7.16. The highest BCUT2D eigenvalue weighted by atomic mass is 35.5. The highest BCUT2D eigenvalue weighted by Gasteiger charge is 2.25. The van der Waals surface area contributed by atoms with Crippen LogP contribution in [0.2, 0.25) is 10.0 Å². The molecule has 1 saturated carbocycles. The van der Waals surface area contributed by atoms with Crippen LogP contribution in [0.25, 0.3) is 0 Å². The Labute approximate surface area is 114 Å². The van der Waals surface area contributed by atoms with Crippen LogP contribution in [-0.4, -0.2) is 12.6 Å². The van der Waals surface area contributed by atoms with Crippen molar-refractivity contribution in [2.24, 2.45) is 0 Å². The predicted molar refractivity (Wildman–Crippen MR) is 75.1 cm³/mol. The van der Waals surface area contributed by atoms with Crippen LogP contribution in [0.1, 0.15) is 44.1 Å². The molecule has 0 radical (unpaired) electrons. The van der Waals surface area contributed by atoms with Crippen LogP contribution >= 0.6 is 23.2 Å². The van der Waals surface area contributed by atoms with Crippen molar-refractivity contribution >= 4 is 23.2 Å². The Balaban J connectivity index is 2.20. The molecule has 2 atom stereocenters. The minimum absolute atomic E-state index is 0.582. The smallest absolute Gasteiger partial charge is 0.0595 e. The summed E-state index contributed by atoms with van der Waals surface area (Å²) >= 11 is 12.1. The Morgan fingerprint density at radius 2 is 1.94 bits per heavy atom. The average molecular weight is 272 g/mol. The summed E-state index contributed by atoms with van der Waals surface area (Å²) in [5.41, 5.74) is 1.32. The van der Waals surface area contributed by atoms with E-state index in [1.807, 2.05) is 12.1 Å². The van der Waals surface area contributed by atoms with E-state index >= 15 is 0 Å². The van der Waals surface area contributed by atoms with Gasteiger partial charge >= 0.3 is 0 Å². The molecule has 0 aromatic heterocycles. The summed E-state index contributed by atoms with van der Waals surface area (Å²) in [5, 5.41) is 4.91. The Morgan fingerprint density at radius 1 is 1.18 bits per heavy atom. The van der Waals surface area contributed by atoms with Gasteiger partial charge in [-0.25, -0.2) is 0 Å². The lowest BCUT2D eigenvalue weighted by atomic mass is 9.80. The molecule has 0 heterocycles. The zero-order valence-corrected chi connectivity index (χ0v) is 11.7. The molecule has 0 spiro atoms. The molecular formula is C14H19Cl2N. The fraction of sp³-hybridized carbons (Fsp3) is 0.571. The standard InChI is InChI=1S/C14H19Cl2N/c1-2-17-14-6-4-3-5-11(14)10-7-8-12(15)13(16)9-10/h7-9,11,14,17H,2-6H2,1H3. The van der Waals surface area contributed by atoms with Crippen molar-refractivity contribution in [3.8, 4) is 0 Å². The first-order valence-electron chi connectivity index (χ1n) is 6.40. The minimum atomic E-state index is 0.582. The van der Waals surface area contributed by atoms with Crippen molar-refractivity contribution < 1.29 is 0 Å². The Hall–Kier alpha value is -0.240. The molecule has 2 rings (SSSR count). The van der Waals surface area contributed by atoms with Gasteiger partial charge in [-0.2, -0.15) is 0 Å². The highest BCUT2D eigenvalue weighted by Crippen LogP contribution is 2.35. The fourth-order valence-corrected chi connectivity index (χ4v) is 3.09. The molecule has 0 amide bonds. The average Bonchev–Trinajstić information content (AvgIpc) is 2.34. The van der Waals surface area contributed by atoms with Crippen LogP contribution in [0, 0.1) is 0 Å². The van der Waals surface area contributed by atoms with E-state index in [2.05, 4.69) is 18.3 Å². The van der Waals surface area contributed by atoms with E-state index < -0.39 is 0 Å². The summed E-state index contributed by atoms with van der Waals surface area (Å²) in [6.45, 7) is 3.20. The maximum absolute atomic E-state index is 6.11. The van der Waals surface area contributed by atoms with Crippen LogP contribution in [0.5, 0.6) is 0 Å². The minimum Gasteiger partial charge on any atom is -0.314 e. The topological polar surface area (TPSA) is 12.0 Å². The third-order valence-electron chi connectivity index (χ3n) is 3.60. The Bertz CT molecular complexity index is 376. The van der Waals surface area contributed by atoms with Gasteiger partial charge in [0.1, 0.15) is 0 Å². The Morgan fingerprint density at radius 3 is 2.65 bits per heavy atom. The predicted octanol–water partition coefficient (Wildman–Crippen LogP) is 4.63. The summed E-state index contributed by atoms with van der Waals surface area (Å²) in [6, 6.07) is 6.65. The van der Waals surface area contributed by atoms with Gasteiger partial charge < -0.3 is 5.32 Å². The van der Waals surface area contributed by atoms with Crippen LogP contribution in [0.4, 0.5) is 0 Å². The van der Waals surface area contributed by atoms with Crippen molar-refractivity contribution in [2.75, 3.05) is 6.54 Å². The van der Waals surface area contributed by atoms with Gasteiger partial charge in [-0.3, -0.25) is 0 Å². The fourth-order valence-electron chi connectivity index (χ4n) is 2.78. The second kappa shape index (κ2) is 6.08. The normalized spacial score (nSPS) is 24.9. The monoisotopic (exact) mass is 271 g/mol. The number of hydrogen-bond acceptors (Lipinski definition) is 1. The molecule has 2 unspecified atom stereocenters. The lowest BCUT2D eigenvalue weighted by Crippen LogP contribution is -2.37. The number of halogens is 2. The van der Waals surface area contributed by atoms with E-state index in [-0.39, 0.29) is 0 Å². The molecule has 1 fully saturated rings. The third kappa shape index (κ3) is 3.15. The molecule has 94 valence electrons. The highest BCUT2D eigenvalue weighted by molar-refractivity contribution is 6.42. The zero-order chi connectivity index (χ0) is 12.3. The van der Waals surface area contributed by atoms with Gasteiger partial charge in [-0.15, -0.1) is 0 Å². The zero-order valence-electron chi connectivity index (χ0n) is 10.2. The van der Waals surface area contributed by atoms with Gasteiger partial charge in [-0.05, 0) is 43.0 Å². The molecule has 1 nitrogen and oxygen atoms in total. The SMILES string of the molecule is CCNC1CCCCC1c1ccc(Cl)c(Cl)c1. The van der Waals surface area contributed by atoms with Crippen molar-refractivity contribution in [3.05, 3.63) is 33.8 Å². The van der Waals surface area contributed by atoms with Gasteiger partial charge in [0.25, 0.3) is 0 Å². The molecule has 1 aromatic carbocycles. The second-order valence-electron chi connectivity index (χ2n) is 4.73. The number of likely N-dealkylation sites (N-methyl/N-ethyl adjacent to an activating group) is 1. The third-order valence-corrected chi connectivity index (χ3v) is 4.34. The number of benzene rings is 1. The number of hydrogen-bond donors (Lipinski definition) is 1. The summed E-state index contributed by atoms with van der Waals surface area (Å²) in [4.78, 5) is 0. The van der Waals surface area contributed by atoms with Crippen LogP contribution in [-0.2, 0) is 0 Å². The van der Waals surface area contributed by atoms with E-state index in [1.54, 1.807) is 0 Å². The first kappa shape index (κ1) is 13.2. The molecule has 0 bridgehead atoms. The van der Waals surface area contributed by atoms with Crippen molar-refractivity contribution in [2.45, 2.75) is 44.6 Å². The number of rotatable bonds is 3. The molecule has 0 saturated heterocycles. The van der Waals surface area contributed by atoms with E-state index in [0.717, 1.165) is 6.54 Å². The molecule has 1 aliphatic carbocycles. The van der Waals surface area contributed by atoms with Gasteiger partial charge in [0, 0.05) is 6.04 Å². The van der Waals surface area contributed by atoms with Crippen molar-refractivity contribution in [3.63, 3.8) is 0 Å².